The van der Waals surface area contributed by atoms with Crippen molar-refractivity contribution in [1.29, 1.82) is 0 Å². The zero-order chi connectivity index (χ0) is 12.1. The average Bonchev–Trinajstić information content (AvgIpc) is 2.82. The quantitative estimate of drug-likeness (QED) is 0.893. The number of nitrogens with one attached hydrogen (secondary N) is 1. The Bertz CT molecular complexity index is 456. The highest BCUT2D eigenvalue weighted by atomic mass is 35.5. The molecule has 0 radical (unpaired) electrons. The van der Waals surface area contributed by atoms with E-state index in [1.807, 2.05) is 29.8 Å². The maximum Gasteiger partial charge on any atom is 0.0937 e. The molecule has 0 aliphatic rings. The van der Waals surface area contributed by atoms with Gasteiger partial charge in [0.15, 0.2) is 0 Å². The normalized spacial score (nSPS) is 12.6. The molecule has 17 heavy (non-hydrogen) atoms. The van der Waals surface area contributed by atoms with Gasteiger partial charge < -0.3 is 5.32 Å². The number of nitrogens with zero attached hydrogens (tertiary/aromatic N) is 1. The summed E-state index contributed by atoms with van der Waals surface area (Å²) in [5.74, 6) is 0. The summed E-state index contributed by atoms with van der Waals surface area (Å²) in [6.07, 6.45) is 2.82. The van der Waals surface area contributed by atoms with Gasteiger partial charge >= 0.3 is 0 Å². The van der Waals surface area contributed by atoms with Crippen LogP contribution in [0.2, 0.25) is 5.02 Å². The van der Waals surface area contributed by atoms with Crippen LogP contribution < -0.4 is 5.32 Å². The van der Waals surface area contributed by atoms with Crippen LogP contribution in [0, 0.1) is 0 Å². The fourth-order valence-corrected chi connectivity index (χ4v) is 2.48. The van der Waals surface area contributed by atoms with Crippen LogP contribution in [-0.4, -0.2) is 11.5 Å². The first kappa shape index (κ1) is 12.6. The van der Waals surface area contributed by atoms with E-state index in [4.69, 9.17) is 11.6 Å². The summed E-state index contributed by atoms with van der Waals surface area (Å²) in [5.41, 5.74) is 1.22. The van der Waals surface area contributed by atoms with Crippen molar-refractivity contribution in [2.24, 2.45) is 0 Å². The monoisotopic (exact) mass is 266 g/mol. The Morgan fingerprint density at radius 3 is 3.06 bits per heavy atom. The van der Waals surface area contributed by atoms with Crippen molar-refractivity contribution < 1.29 is 0 Å². The molecule has 1 heterocycles. The standard InChI is InChI=1S/C13H15ClN2S/c1-10(11-3-2-4-12(14)9-11)15-6-5-13-16-7-8-17-13/h2-4,7-10,15H,5-6H2,1H3. The van der Waals surface area contributed by atoms with E-state index in [1.54, 1.807) is 11.3 Å². The Kier molecular flexibility index (Phi) is 4.54. The van der Waals surface area contributed by atoms with Crippen LogP contribution in [0.25, 0.3) is 0 Å². The highest BCUT2D eigenvalue weighted by Crippen LogP contribution is 2.17. The predicted octanol–water partition coefficient (Wildman–Crippen LogP) is 3.69. The van der Waals surface area contributed by atoms with E-state index in [-0.39, 0.29) is 0 Å². The van der Waals surface area contributed by atoms with Gasteiger partial charge in [-0.2, -0.15) is 0 Å². The van der Waals surface area contributed by atoms with Crippen LogP contribution in [0.4, 0.5) is 0 Å². The van der Waals surface area contributed by atoms with Gasteiger partial charge in [0.2, 0.25) is 0 Å². The maximum atomic E-state index is 5.97. The molecule has 0 aliphatic carbocycles. The van der Waals surface area contributed by atoms with Crippen molar-refractivity contribution in [3.8, 4) is 0 Å². The minimum absolute atomic E-state index is 0.314. The van der Waals surface area contributed by atoms with Crippen molar-refractivity contribution in [3.05, 3.63) is 51.4 Å². The molecular formula is C13H15ClN2S. The summed E-state index contributed by atoms with van der Waals surface area (Å²) in [7, 11) is 0. The molecule has 90 valence electrons. The number of rotatable bonds is 5. The van der Waals surface area contributed by atoms with Crippen LogP contribution >= 0.6 is 22.9 Å². The first-order chi connectivity index (χ1) is 8.25. The third kappa shape index (κ3) is 3.80. The molecule has 2 nitrogen and oxygen atoms in total. The molecule has 2 rings (SSSR count). The van der Waals surface area contributed by atoms with Crippen molar-refractivity contribution in [2.45, 2.75) is 19.4 Å². The average molecular weight is 267 g/mol. The number of benzene rings is 1. The molecule has 1 N–H and O–H groups in total. The molecular weight excluding hydrogens is 252 g/mol. The number of thiazole rings is 1. The molecule has 2 aromatic rings. The number of halogens is 1. The summed E-state index contributed by atoms with van der Waals surface area (Å²) < 4.78 is 0. The van der Waals surface area contributed by atoms with Gasteiger partial charge in [0, 0.05) is 35.6 Å². The first-order valence-corrected chi connectivity index (χ1v) is 6.88. The molecule has 1 aromatic heterocycles. The lowest BCUT2D eigenvalue weighted by Gasteiger charge is -2.13. The van der Waals surface area contributed by atoms with Crippen molar-refractivity contribution in [1.82, 2.24) is 10.3 Å². The second-order valence-corrected chi connectivity index (χ2v) is 5.32. The Morgan fingerprint density at radius 2 is 2.35 bits per heavy atom. The molecule has 0 spiro atoms. The molecule has 0 aliphatic heterocycles. The Morgan fingerprint density at radius 1 is 1.47 bits per heavy atom. The van der Waals surface area contributed by atoms with Gasteiger partial charge in [-0.25, -0.2) is 4.98 Å². The predicted molar refractivity (Wildman–Crippen MR) is 73.7 cm³/mol. The topological polar surface area (TPSA) is 24.9 Å². The number of hydrogen-bond donors (Lipinski definition) is 1. The van der Waals surface area contributed by atoms with Crippen molar-refractivity contribution in [3.63, 3.8) is 0 Å². The molecule has 0 fully saturated rings. The van der Waals surface area contributed by atoms with Gasteiger partial charge in [-0.05, 0) is 24.6 Å². The smallest absolute Gasteiger partial charge is 0.0937 e. The lowest BCUT2D eigenvalue weighted by Crippen LogP contribution is -2.21. The zero-order valence-corrected chi connectivity index (χ0v) is 11.3. The minimum atomic E-state index is 0.314. The van der Waals surface area contributed by atoms with Gasteiger partial charge in [-0.15, -0.1) is 11.3 Å². The molecule has 4 heteroatoms. The van der Waals surface area contributed by atoms with Crippen LogP contribution in [-0.2, 0) is 6.42 Å². The second kappa shape index (κ2) is 6.15. The molecule has 0 saturated heterocycles. The number of aromatic nitrogens is 1. The highest BCUT2D eigenvalue weighted by molar-refractivity contribution is 7.09. The second-order valence-electron chi connectivity index (χ2n) is 3.91. The van der Waals surface area contributed by atoms with Crippen LogP contribution in [0.1, 0.15) is 23.5 Å². The van der Waals surface area contributed by atoms with Crippen molar-refractivity contribution in [2.75, 3.05) is 6.54 Å². The van der Waals surface area contributed by atoms with Gasteiger partial charge in [-0.3, -0.25) is 0 Å². The van der Waals surface area contributed by atoms with Crippen molar-refractivity contribution >= 4 is 22.9 Å². The Hall–Kier alpha value is -0.900. The van der Waals surface area contributed by atoms with Crippen LogP contribution in [0.3, 0.4) is 0 Å². The summed E-state index contributed by atoms with van der Waals surface area (Å²) >= 11 is 7.67. The largest absolute Gasteiger partial charge is 0.310 e. The van der Waals surface area contributed by atoms with Gasteiger partial charge in [0.25, 0.3) is 0 Å². The van der Waals surface area contributed by atoms with E-state index in [0.29, 0.717) is 6.04 Å². The molecule has 1 atom stereocenters. The molecule has 0 amide bonds. The lowest BCUT2D eigenvalue weighted by atomic mass is 10.1. The fourth-order valence-electron chi connectivity index (χ4n) is 1.67. The molecule has 1 aromatic carbocycles. The Balaban J connectivity index is 1.83. The van der Waals surface area contributed by atoms with Gasteiger partial charge in [0.1, 0.15) is 0 Å². The molecule has 0 bridgehead atoms. The molecule has 1 unspecified atom stereocenters. The van der Waals surface area contributed by atoms with Gasteiger partial charge in [-0.1, -0.05) is 23.7 Å². The summed E-state index contributed by atoms with van der Waals surface area (Å²) in [6, 6.07) is 8.29. The van der Waals surface area contributed by atoms with E-state index in [2.05, 4.69) is 23.3 Å². The molecule has 0 saturated carbocycles. The van der Waals surface area contributed by atoms with E-state index in [0.717, 1.165) is 18.0 Å². The van der Waals surface area contributed by atoms with E-state index in [9.17, 15) is 0 Å². The van der Waals surface area contributed by atoms with Gasteiger partial charge in [0.05, 0.1) is 5.01 Å². The summed E-state index contributed by atoms with van der Waals surface area (Å²) in [5, 5.41) is 7.45. The first-order valence-electron chi connectivity index (χ1n) is 5.63. The van der Waals surface area contributed by atoms with E-state index >= 15 is 0 Å². The fraction of sp³-hybridized carbons (Fsp3) is 0.308. The van der Waals surface area contributed by atoms with Crippen LogP contribution in [0.15, 0.2) is 35.8 Å². The third-order valence-electron chi connectivity index (χ3n) is 2.62. The lowest BCUT2D eigenvalue weighted by molar-refractivity contribution is 0.576. The maximum absolute atomic E-state index is 5.97. The zero-order valence-electron chi connectivity index (χ0n) is 9.69. The minimum Gasteiger partial charge on any atom is -0.310 e. The van der Waals surface area contributed by atoms with Crippen LogP contribution in [0.5, 0.6) is 0 Å². The van der Waals surface area contributed by atoms with E-state index in [1.165, 1.54) is 10.6 Å². The highest BCUT2D eigenvalue weighted by Gasteiger charge is 2.05. The summed E-state index contributed by atoms with van der Waals surface area (Å²) in [6.45, 7) is 3.08. The summed E-state index contributed by atoms with van der Waals surface area (Å²) in [4.78, 5) is 4.26. The van der Waals surface area contributed by atoms with E-state index < -0.39 is 0 Å². The SMILES string of the molecule is CC(NCCc1nccs1)c1cccc(Cl)c1. The number of hydrogen-bond acceptors (Lipinski definition) is 3. The third-order valence-corrected chi connectivity index (χ3v) is 3.70. The Labute approximate surface area is 111 Å².